The number of hydrogen-bond donors (Lipinski definition) is 1. The molecule has 0 unspecified atom stereocenters. The lowest BCUT2D eigenvalue weighted by molar-refractivity contribution is -0.137. The van der Waals surface area contributed by atoms with E-state index >= 15 is 0 Å². The largest absolute Gasteiger partial charge is 0.493 e. The van der Waals surface area contributed by atoms with E-state index in [1.165, 1.54) is 12.1 Å². The quantitative estimate of drug-likeness (QED) is 0.344. The molecule has 0 radical (unpaired) electrons. The Morgan fingerprint density at radius 3 is 2.50 bits per heavy atom. The van der Waals surface area contributed by atoms with E-state index in [0.29, 0.717) is 29.8 Å². The first-order valence-electron chi connectivity index (χ1n) is 11.9. The Kier molecular flexibility index (Phi) is 5.98. The molecule has 3 heterocycles. The minimum absolute atomic E-state index is 0.0313. The van der Waals surface area contributed by atoms with Crippen molar-refractivity contribution in [3.8, 4) is 16.9 Å². The van der Waals surface area contributed by atoms with E-state index in [-0.39, 0.29) is 17.9 Å². The van der Waals surface area contributed by atoms with Crippen LogP contribution in [-0.2, 0) is 6.18 Å². The summed E-state index contributed by atoms with van der Waals surface area (Å²) < 4.78 is 46.6. The summed E-state index contributed by atoms with van der Waals surface area (Å²) >= 11 is 0. The zero-order chi connectivity index (χ0) is 25.6. The van der Waals surface area contributed by atoms with Gasteiger partial charge in [0, 0.05) is 17.5 Å². The van der Waals surface area contributed by atoms with Crippen molar-refractivity contribution in [2.24, 2.45) is 0 Å². The number of hydrogen-bond acceptors (Lipinski definition) is 3. The van der Waals surface area contributed by atoms with Crippen LogP contribution in [0.1, 0.15) is 65.1 Å². The molecular formula is C28H26F3N3O2. The van der Waals surface area contributed by atoms with Crippen LogP contribution in [0, 0.1) is 6.92 Å². The molecule has 5 nitrogen and oxygen atoms in total. The Bertz CT molecular complexity index is 1440. The van der Waals surface area contributed by atoms with Gasteiger partial charge in [0.05, 0.1) is 40.7 Å². The maximum absolute atomic E-state index is 13.5. The summed E-state index contributed by atoms with van der Waals surface area (Å²) in [6.45, 7) is 6.32. The van der Waals surface area contributed by atoms with Gasteiger partial charge in [0.2, 0.25) is 0 Å². The van der Waals surface area contributed by atoms with Gasteiger partial charge in [0.1, 0.15) is 5.75 Å². The van der Waals surface area contributed by atoms with Crippen molar-refractivity contribution < 1.29 is 22.7 Å². The fourth-order valence-electron chi connectivity index (χ4n) is 4.90. The standard InChI is InChI=1S/C28H26F3N3O2/c1-16(2)26-21(27(35)32-22-14-15-36-24-7-5-4-6-20(22)24)12-13-23-25(17(3)33-34(23)26)18-8-10-19(11-9-18)28(29,30)31/h4-13,16,22H,14-15H2,1-3H3,(H,32,35)/t22-/m0/s1. The summed E-state index contributed by atoms with van der Waals surface area (Å²) in [7, 11) is 0. The molecule has 1 atom stereocenters. The molecule has 1 aliphatic rings. The number of aryl methyl sites for hydroxylation is 1. The first kappa shape index (κ1) is 23.9. The molecule has 5 rings (SSSR count). The highest BCUT2D eigenvalue weighted by Gasteiger charge is 2.30. The number of carbonyl (C=O) groups excluding carboxylic acids is 1. The number of nitrogens with one attached hydrogen (secondary N) is 1. The molecule has 0 aliphatic carbocycles. The number of rotatable bonds is 4. The highest BCUT2D eigenvalue weighted by Crippen LogP contribution is 2.36. The molecule has 0 fully saturated rings. The van der Waals surface area contributed by atoms with E-state index in [4.69, 9.17) is 9.84 Å². The molecule has 186 valence electrons. The summed E-state index contributed by atoms with van der Waals surface area (Å²) in [6.07, 6.45) is -3.73. The van der Waals surface area contributed by atoms with E-state index in [1.807, 2.05) is 51.1 Å². The van der Waals surface area contributed by atoms with Gasteiger partial charge in [-0.05, 0) is 48.7 Å². The lowest BCUT2D eigenvalue weighted by Crippen LogP contribution is -2.33. The fourth-order valence-corrected chi connectivity index (χ4v) is 4.90. The average Bonchev–Trinajstić information content (AvgIpc) is 3.18. The van der Waals surface area contributed by atoms with Crippen LogP contribution in [0.5, 0.6) is 5.75 Å². The van der Waals surface area contributed by atoms with Gasteiger partial charge in [-0.25, -0.2) is 4.52 Å². The average molecular weight is 494 g/mol. The number of alkyl halides is 3. The SMILES string of the molecule is Cc1nn2c(C(C)C)c(C(=O)N[C@H]3CCOc4ccccc43)ccc2c1-c1ccc(C(F)(F)F)cc1. The first-order chi connectivity index (χ1) is 17.1. The first-order valence-corrected chi connectivity index (χ1v) is 11.9. The molecule has 2 aromatic carbocycles. The number of benzene rings is 2. The van der Waals surface area contributed by atoms with Gasteiger partial charge in [-0.3, -0.25) is 4.79 Å². The number of halogens is 3. The van der Waals surface area contributed by atoms with Crippen molar-refractivity contribution in [2.45, 2.75) is 45.3 Å². The van der Waals surface area contributed by atoms with E-state index in [9.17, 15) is 18.0 Å². The topological polar surface area (TPSA) is 55.6 Å². The third-order valence-corrected chi connectivity index (χ3v) is 6.56. The molecule has 2 aromatic heterocycles. The highest BCUT2D eigenvalue weighted by molar-refractivity contribution is 5.97. The molecule has 0 saturated carbocycles. The zero-order valence-corrected chi connectivity index (χ0v) is 20.2. The fraction of sp³-hybridized carbons (Fsp3) is 0.286. The predicted molar refractivity (Wildman–Crippen MR) is 131 cm³/mol. The van der Waals surface area contributed by atoms with Crippen molar-refractivity contribution >= 4 is 11.4 Å². The second-order valence-corrected chi connectivity index (χ2v) is 9.32. The van der Waals surface area contributed by atoms with Crippen molar-refractivity contribution in [3.05, 3.63) is 88.7 Å². The van der Waals surface area contributed by atoms with Crippen molar-refractivity contribution in [3.63, 3.8) is 0 Å². The summed E-state index contributed by atoms with van der Waals surface area (Å²) in [5, 5.41) is 7.86. The number of amides is 1. The van der Waals surface area contributed by atoms with Gasteiger partial charge in [-0.1, -0.05) is 44.2 Å². The summed E-state index contributed by atoms with van der Waals surface area (Å²) in [5.74, 6) is 0.542. The van der Waals surface area contributed by atoms with Gasteiger partial charge in [0.25, 0.3) is 5.91 Å². The van der Waals surface area contributed by atoms with E-state index in [0.717, 1.165) is 40.2 Å². The Hall–Kier alpha value is -3.81. The summed E-state index contributed by atoms with van der Waals surface area (Å²) in [5.41, 5.74) is 4.31. The van der Waals surface area contributed by atoms with Crippen LogP contribution in [0.3, 0.4) is 0 Å². The summed E-state index contributed by atoms with van der Waals surface area (Å²) in [4.78, 5) is 13.5. The van der Waals surface area contributed by atoms with E-state index in [2.05, 4.69) is 5.32 Å². The Morgan fingerprint density at radius 1 is 1.08 bits per heavy atom. The van der Waals surface area contributed by atoms with Crippen LogP contribution < -0.4 is 10.1 Å². The van der Waals surface area contributed by atoms with Crippen molar-refractivity contribution in [1.29, 1.82) is 0 Å². The molecule has 0 bridgehead atoms. The van der Waals surface area contributed by atoms with Gasteiger partial charge in [-0.15, -0.1) is 0 Å². The third kappa shape index (κ3) is 4.21. The number of aromatic nitrogens is 2. The third-order valence-electron chi connectivity index (χ3n) is 6.56. The van der Waals surface area contributed by atoms with Crippen LogP contribution in [-0.4, -0.2) is 22.1 Å². The zero-order valence-electron chi connectivity index (χ0n) is 20.2. The highest BCUT2D eigenvalue weighted by atomic mass is 19.4. The normalized spacial score (nSPS) is 15.6. The van der Waals surface area contributed by atoms with Gasteiger partial charge < -0.3 is 10.1 Å². The van der Waals surface area contributed by atoms with Gasteiger partial charge >= 0.3 is 6.18 Å². The van der Waals surface area contributed by atoms with Gasteiger partial charge in [0.15, 0.2) is 0 Å². The van der Waals surface area contributed by atoms with Crippen LogP contribution in [0.25, 0.3) is 16.6 Å². The molecule has 1 N–H and O–H groups in total. The second kappa shape index (κ2) is 9.00. The number of fused-ring (bicyclic) bond motifs is 2. The predicted octanol–water partition coefficient (Wildman–Crippen LogP) is 6.71. The van der Waals surface area contributed by atoms with E-state index < -0.39 is 11.7 Å². The molecule has 1 amide bonds. The molecule has 1 aliphatic heterocycles. The van der Waals surface area contributed by atoms with Crippen LogP contribution in [0.4, 0.5) is 13.2 Å². The number of para-hydroxylation sites is 1. The number of carbonyl (C=O) groups is 1. The van der Waals surface area contributed by atoms with Crippen LogP contribution in [0.2, 0.25) is 0 Å². The number of pyridine rings is 1. The van der Waals surface area contributed by atoms with Crippen LogP contribution >= 0.6 is 0 Å². The van der Waals surface area contributed by atoms with Crippen molar-refractivity contribution in [2.75, 3.05) is 6.61 Å². The number of ether oxygens (including phenoxy) is 1. The smallest absolute Gasteiger partial charge is 0.416 e. The van der Waals surface area contributed by atoms with E-state index in [1.54, 1.807) is 10.6 Å². The molecular weight excluding hydrogens is 467 g/mol. The van der Waals surface area contributed by atoms with Crippen molar-refractivity contribution in [1.82, 2.24) is 14.9 Å². The monoisotopic (exact) mass is 493 g/mol. The molecule has 4 aromatic rings. The van der Waals surface area contributed by atoms with Gasteiger partial charge in [-0.2, -0.15) is 18.3 Å². The Balaban J connectivity index is 1.54. The summed E-state index contributed by atoms with van der Waals surface area (Å²) in [6, 6.07) is 16.2. The molecule has 8 heteroatoms. The number of nitrogens with zero attached hydrogens (tertiary/aromatic N) is 2. The second-order valence-electron chi connectivity index (χ2n) is 9.32. The van der Waals surface area contributed by atoms with Crippen LogP contribution in [0.15, 0.2) is 60.7 Å². The minimum atomic E-state index is -4.40. The maximum Gasteiger partial charge on any atom is 0.416 e. The molecule has 36 heavy (non-hydrogen) atoms. The molecule has 0 spiro atoms. The Morgan fingerprint density at radius 2 is 1.81 bits per heavy atom. The minimum Gasteiger partial charge on any atom is -0.493 e. The molecule has 0 saturated heterocycles. The lowest BCUT2D eigenvalue weighted by Gasteiger charge is -2.27. The lowest BCUT2D eigenvalue weighted by atomic mass is 9.98. The maximum atomic E-state index is 13.5. The Labute approximate surface area is 206 Å².